The molecule has 0 saturated heterocycles. The molecule has 2 rings (SSSR count). The van der Waals surface area contributed by atoms with Crippen LogP contribution in [-0.4, -0.2) is 27.2 Å². The Labute approximate surface area is 142 Å². The van der Waals surface area contributed by atoms with Crippen molar-refractivity contribution in [3.8, 4) is 0 Å². The molecule has 2 nitrogen and oxygen atoms in total. The minimum Gasteiger partial charge on any atom is -1.00 e. The van der Waals surface area contributed by atoms with Gasteiger partial charge in [0.05, 0.1) is 26.3 Å². The lowest BCUT2D eigenvalue weighted by Crippen LogP contribution is -3.06. The molecule has 2 atom stereocenters. The van der Waals surface area contributed by atoms with E-state index in [-0.39, 0.29) is 18.0 Å². The Morgan fingerprint density at radius 2 is 1.95 bits per heavy atom. The van der Waals surface area contributed by atoms with Crippen LogP contribution in [0.5, 0.6) is 0 Å². The van der Waals surface area contributed by atoms with Crippen LogP contribution in [0.25, 0.3) is 0 Å². The number of aryl methyl sites for hydroxylation is 1. The van der Waals surface area contributed by atoms with Gasteiger partial charge in [0, 0.05) is 0 Å². The predicted molar refractivity (Wildman–Crippen MR) is 88.8 cm³/mol. The van der Waals surface area contributed by atoms with E-state index in [1.54, 1.807) is 0 Å². The van der Waals surface area contributed by atoms with Crippen LogP contribution in [0.2, 0.25) is 0 Å². The number of likely N-dealkylation sites (N-methyl/N-ethyl adjacent to an activating group) is 1. The smallest absolute Gasteiger partial charge is 0.100 e. The molecule has 0 radical (unpaired) electrons. The molecule has 3 heteroatoms. The lowest BCUT2D eigenvalue weighted by atomic mass is 9.70. The zero-order chi connectivity index (χ0) is 15.3. The van der Waals surface area contributed by atoms with Crippen molar-refractivity contribution >= 4 is 0 Å². The minimum absolute atomic E-state index is 0. The number of hydrogen-bond acceptors (Lipinski definition) is 1. The average molecular weight is 326 g/mol. The molecule has 1 aromatic carbocycles. The van der Waals surface area contributed by atoms with Crippen molar-refractivity contribution in [2.24, 2.45) is 5.92 Å². The first-order valence-electron chi connectivity index (χ1n) is 8.61. The minimum atomic E-state index is -0.0553. The highest BCUT2D eigenvalue weighted by Crippen LogP contribution is 2.45. The van der Waals surface area contributed by atoms with E-state index in [2.05, 4.69) is 52.2 Å². The summed E-state index contributed by atoms with van der Waals surface area (Å²) in [7, 11) is 4.39. The Kier molecular flexibility index (Phi) is 7.88. The summed E-state index contributed by atoms with van der Waals surface area (Å²) in [5, 5.41) is 0. The predicted octanol–water partition coefficient (Wildman–Crippen LogP) is -0.180. The molecular weight excluding hydrogens is 294 g/mol. The molecule has 1 aliphatic carbocycles. The van der Waals surface area contributed by atoms with Crippen molar-refractivity contribution in [3.05, 3.63) is 35.4 Å². The molecule has 0 heterocycles. The summed E-state index contributed by atoms with van der Waals surface area (Å²) in [5.41, 5.74) is 2.86. The van der Waals surface area contributed by atoms with Gasteiger partial charge in [-0.3, -0.25) is 0 Å². The van der Waals surface area contributed by atoms with E-state index < -0.39 is 0 Å². The number of benzene rings is 1. The summed E-state index contributed by atoms with van der Waals surface area (Å²) in [4.78, 5) is 1.46. The fourth-order valence-electron chi connectivity index (χ4n) is 3.69. The molecule has 1 saturated carbocycles. The van der Waals surface area contributed by atoms with Gasteiger partial charge in [0.1, 0.15) is 6.54 Å². The third kappa shape index (κ3) is 4.24. The summed E-state index contributed by atoms with van der Waals surface area (Å²) >= 11 is 0. The van der Waals surface area contributed by atoms with E-state index in [4.69, 9.17) is 4.74 Å². The fourth-order valence-corrected chi connectivity index (χ4v) is 3.69. The topological polar surface area (TPSA) is 13.7 Å². The van der Waals surface area contributed by atoms with Crippen molar-refractivity contribution in [3.63, 3.8) is 0 Å². The van der Waals surface area contributed by atoms with E-state index in [0.29, 0.717) is 5.92 Å². The van der Waals surface area contributed by atoms with Gasteiger partial charge in [-0.2, -0.15) is 0 Å². The van der Waals surface area contributed by atoms with Crippen molar-refractivity contribution in [1.82, 2.24) is 0 Å². The molecule has 2 unspecified atom stereocenters. The Hall–Kier alpha value is -0.570. The molecule has 1 fully saturated rings. The molecular formula is C19H32ClNO. The van der Waals surface area contributed by atoms with Crippen molar-refractivity contribution in [2.75, 3.05) is 27.2 Å². The standard InChI is InChI=1S/C19H31NO.ClH/c1-5-17-11-6-7-12-18(17)19(21-15-14-20(3)4)13-9-8-10-16(19)2;/h6-7,11-12,16H,5,8-10,13-15H2,1-4H3;1H. The van der Waals surface area contributed by atoms with Crippen LogP contribution in [0.3, 0.4) is 0 Å². The molecule has 126 valence electrons. The van der Waals surface area contributed by atoms with Crippen LogP contribution in [0.4, 0.5) is 0 Å². The van der Waals surface area contributed by atoms with E-state index >= 15 is 0 Å². The summed E-state index contributed by atoms with van der Waals surface area (Å²) in [6.45, 7) is 6.56. The van der Waals surface area contributed by atoms with Gasteiger partial charge in [-0.1, -0.05) is 51.0 Å². The maximum Gasteiger partial charge on any atom is 0.100 e. The monoisotopic (exact) mass is 325 g/mol. The Morgan fingerprint density at radius 3 is 2.59 bits per heavy atom. The van der Waals surface area contributed by atoms with Gasteiger partial charge < -0.3 is 22.0 Å². The van der Waals surface area contributed by atoms with Crippen LogP contribution >= 0.6 is 0 Å². The second-order valence-corrected chi connectivity index (χ2v) is 6.85. The molecule has 0 spiro atoms. The van der Waals surface area contributed by atoms with Gasteiger partial charge in [0.2, 0.25) is 0 Å². The van der Waals surface area contributed by atoms with Gasteiger partial charge in [-0.15, -0.1) is 0 Å². The molecule has 0 amide bonds. The average Bonchev–Trinajstić information content (AvgIpc) is 2.49. The molecule has 22 heavy (non-hydrogen) atoms. The maximum absolute atomic E-state index is 6.60. The summed E-state index contributed by atoms with van der Waals surface area (Å²) < 4.78 is 6.60. The van der Waals surface area contributed by atoms with Crippen LogP contribution in [0.15, 0.2) is 24.3 Å². The molecule has 1 aliphatic rings. The lowest BCUT2D eigenvalue weighted by Gasteiger charge is -2.44. The van der Waals surface area contributed by atoms with Gasteiger partial charge in [0.25, 0.3) is 0 Å². The Balaban J connectivity index is 0.00000242. The molecule has 0 aliphatic heterocycles. The van der Waals surface area contributed by atoms with Crippen molar-refractivity contribution in [1.29, 1.82) is 0 Å². The van der Waals surface area contributed by atoms with Crippen molar-refractivity contribution in [2.45, 2.75) is 51.6 Å². The lowest BCUT2D eigenvalue weighted by molar-refractivity contribution is -0.859. The first-order valence-corrected chi connectivity index (χ1v) is 8.61. The van der Waals surface area contributed by atoms with E-state index in [1.807, 2.05) is 0 Å². The first-order chi connectivity index (χ1) is 10.1. The SMILES string of the molecule is CCc1ccccc1C1(OCC[NH+](C)C)CCCCC1C.[Cl-]. The Morgan fingerprint density at radius 1 is 1.23 bits per heavy atom. The number of halogens is 1. The van der Waals surface area contributed by atoms with Crippen LogP contribution in [0.1, 0.15) is 50.7 Å². The van der Waals surface area contributed by atoms with Gasteiger partial charge in [0.15, 0.2) is 0 Å². The number of nitrogens with one attached hydrogen (secondary N) is 1. The van der Waals surface area contributed by atoms with Crippen LogP contribution in [-0.2, 0) is 16.8 Å². The largest absolute Gasteiger partial charge is 1.00 e. The van der Waals surface area contributed by atoms with Gasteiger partial charge in [-0.25, -0.2) is 0 Å². The van der Waals surface area contributed by atoms with E-state index in [1.165, 1.54) is 41.7 Å². The summed E-state index contributed by atoms with van der Waals surface area (Å²) in [5.74, 6) is 0.608. The quantitative estimate of drug-likeness (QED) is 0.766. The third-order valence-electron chi connectivity index (χ3n) is 5.05. The number of rotatable bonds is 6. The third-order valence-corrected chi connectivity index (χ3v) is 5.05. The van der Waals surface area contributed by atoms with E-state index in [9.17, 15) is 0 Å². The summed E-state index contributed by atoms with van der Waals surface area (Å²) in [6, 6.07) is 8.92. The highest BCUT2D eigenvalue weighted by molar-refractivity contribution is 5.33. The van der Waals surface area contributed by atoms with Crippen LogP contribution in [0, 0.1) is 5.92 Å². The second kappa shape index (κ2) is 8.90. The molecule has 0 bridgehead atoms. The van der Waals surface area contributed by atoms with Gasteiger partial charge in [-0.05, 0) is 36.3 Å². The number of ether oxygens (including phenoxy) is 1. The number of hydrogen-bond donors (Lipinski definition) is 1. The molecule has 1 aromatic rings. The van der Waals surface area contributed by atoms with E-state index in [0.717, 1.165) is 19.6 Å². The van der Waals surface area contributed by atoms with Crippen LogP contribution < -0.4 is 17.3 Å². The van der Waals surface area contributed by atoms with Crippen molar-refractivity contribution < 1.29 is 22.0 Å². The fraction of sp³-hybridized carbons (Fsp3) is 0.684. The molecule has 0 aromatic heterocycles. The maximum atomic E-state index is 6.60. The normalized spacial score (nSPS) is 25.0. The Bertz CT molecular complexity index is 449. The molecule has 1 N–H and O–H groups in total. The summed E-state index contributed by atoms with van der Waals surface area (Å²) in [6.07, 6.45) is 6.18. The number of quaternary nitrogens is 1. The zero-order valence-corrected chi connectivity index (χ0v) is 15.4. The highest BCUT2D eigenvalue weighted by atomic mass is 35.5. The zero-order valence-electron chi connectivity index (χ0n) is 14.6. The first kappa shape index (κ1) is 19.5. The van der Waals surface area contributed by atoms with Gasteiger partial charge >= 0.3 is 0 Å². The second-order valence-electron chi connectivity index (χ2n) is 6.85. The highest BCUT2D eigenvalue weighted by Gasteiger charge is 2.41.